The fourth-order valence-electron chi connectivity index (χ4n) is 3.76. The molecule has 29 heavy (non-hydrogen) atoms. The third kappa shape index (κ3) is 3.44. The summed E-state index contributed by atoms with van der Waals surface area (Å²) in [6.45, 7) is 3.44. The Kier molecular flexibility index (Phi) is 4.65. The molecule has 0 spiro atoms. The van der Waals surface area contributed by atoms with Gasteiger partial charge in [-0.25, -0.2) is 14.6 Å². The van der Waals surface area contributed by atoms with E-state index in [-0.39, 0.29) is 12.0 Å². The van der Waals surface area contributed by atoms with Gasteiger partial charge >= 0.3 is 0 Å². The summed E-state index contributed by atoms with van der Waals surface area (Å²) in [4.78, 5) is 25.5. The van der Waals surface area contributed by atoms with Crippen molar-refractivity contribution in [3.8, 4) is 0 Å². The van der Waals surface area contributed by atoms with Crippen LogP contribution < -0.4 is 4.90 Å². The van der Waals surface area contributed by atoms with E-state index in [0.29, 0.717) is 51.0 Å². The van der Waals surface area contributed by atoms with E-state index < -0.39 is 0 Å². The Morgan fingerprint density at radius 3 is 2.52 bits per heavy atom. The third-order valence-corrected chi connectivity index (χ3v) is 5.37. The highest BCUT2D eigenvalue weighted by atomic mass is 16.5. The largest absolute Gasteiger partial charge is 0.365 e. The molecule has 0 saturated carbocycles. The molecule has 1 aromatic carbocycles. The van der Waals surface area contributed by atoms with Crippen LogP contribution in [0.4, 0.5) is 5.95 Å². The molecule has 9 heteroatoms. The van der Waals surface area contributed by atoms with Crippen LogP contribution in [-0.4, -0.2) is 61.9 Å². The number of rotatable bonds is 3. The summed E-state index contributed by atoms with van der Waals surface area (Å²) < 4.78 is 7.80. The number of hydrogen-bond acceptors (Lipinski definition) is 7. The average Bonchev–Trinajstić information content (AvgIpc) is 3.23. The second-order valence-corrected chi connectivity index (χ2v) is 7.11. The molecular formula is C20H21N7O2. The van der Waals surface area contributed by atoms with Crippen LogP contribution in [0.1, 0.15) is 27.8 Å². The number of anilines is 1. The molecule has 148 valence electrons. The number of nitrogens with zero attached hydrogens (tertiary/aromatic N) is 7. The Morgan fingerprint density at radius 1 is 1.00 bits per heavy atom. The van der Waals surface area contributed by atoms with Crippen LogP contribution in [0.3, 0.4) is 0 Å². The third-order valence-electron chi connectivity index (χ3n) is 5.37. The lowest BCUT2D eigenvalue weighted by molar-refractivity contribution is -0.00196. The summed E-state index contributed by atoms with van der Waals surface area (Å²) >= 11 is 0. The maximum absolute atomic E-state index is 13.0. The normalized spacial score (nSPS) is 19.1. The monoisotopic (exact) mass is 391 g/mol. The second kappa shape index (κ2) is 7.59. The molecule has 0 unspecified atom stereocenters. The van der Waals surface area contributed by atoms with Crippen molar-refractivity contribution in [1.29, 1.82) is 0 Å². The Morgan fingerprint density at radius 2 is 1.76 bits per heavy atom. The van der Waals surface area contributed by atoms with Gasteiger partial charge < -0.3 is 14.5 Å². The lowest BCUT2D eigenvalue weighted by Crippen LogP contribution is -2.49. The van der Waals surface area contributed by atoms with E-state index in [1.54, 1.807) is 23.1 Å². The van der Waals surface area contributed by atoms with E-state index >= 15 is 0 Å². The van der Waals surface area contributed by atoms with Gasteiger partial charge in [0.2, 0.25) is 5.95 Å². The molecule has 0 aliphatic carbocycles. The lowest BCUT2D eigenvalue weighted by Gasteiger charge is -2.34. The van der Waals surface area contributed by atoms with Crippen molar-refractivity contribution in [3.63, 3.8) is 0 Å². The van der Waals surface area contributed by atoms with Crippen LogP contribution >= 0.6 is 0 Å². The van der Waals surface area contributed by atoms with Crippen LogP contribution in [-0.2, 0) is 17.9 Å². The average molecular weight is 391 g/mol. The molecule has 0 radical (unpaired) electrons. The first-order valence-corrected chi connectivity index (χ1v) is 9.70. The molecule has 1 atom stereocenters. The minimum atomic E-state index is -0.0957. The van der Waals surface area contributed by atoms with E-state index in [0.717, 1.165) is 11.3 Å². The van der Waals surface area contributed by atoms with Gasteiger partial charge in [0.15, 0.2) is 5.69 Å². The Balaban J connectivity index is 1.26. The van der Waals surface area contributed by atoms with Gasteiger partial charge in [-0.15, -0.1) is 5.10 Å². The highest BCUT2D eigenvalue weighted by molar-refractivity contribution is 5.93. The fraction of sp³-hybridized carbons (Fsp3) is 0.350. The second-order valence-electron chi connectivity index (χ2n) is 7.11. The molecule has 2 aliphatic rings. The molecular weight excluding hydrogens is 370 g/mol. The lowest BCUT2D eigenvalue weighted by atomic mass is 10.1. The molecule has 0 N–H and O–H groups in total. The summed E-state index contributed by atoms with van der Waals surface area (Å²) in [5.74, 6) is 0.600. The van der Waals surface area contributed by atoms with Crippen molar-refractivity contribution in [2.75, 3.05) is 31.1 Å². The van der Waals surface area contributed by atoms with E-state index in [2.05, 4.69) is 25.2 Å². The topological polar surface area (TPSA) is 89.3 Å². The highest BCUT2D eigenvalue weighted by Gasteiger charge is 2.31. The van der Waals surface area contributed by atoms with Crippen molar-refractivity contribution in [3.05, 3.63) is 65.7 Å². The summed E-state index contributed by atoms with van der Waals surface area (Å²) in [5, 5.41) is 8.40. The molecule has 1 amide bonds. The summed E-state index contributed by atoms with van der Waals surface area (Å²) in [6, 6.07) is 11.8. The molecule has 5 rings (SSSR count). The van der Waals surface area contributed by atoms with E-state index in [9.17, 15) is 4.79 Å². The van der Waals surface area contributed by atoms with Gasteiger partial charge in [0.25, 0.3) is 5.91 Å². The zero-order chi connectivity index (χ0) is 19.6. The van der Waals surface area contributed by atoms with Crippen LogP contribution in [0, 0.1) is 0 Å². The molecule has 3 aromatic rings. The standard InChI is InChI=1S/C20H21N7O2/c28-19(25-9-11-26(12-10-25)20-21-7-4-8-22-20)18-16-14-29-17(13-27(16)24-23-18)15-5-2-1-3-6-15/h1-8,17H,9-14H2/t17-/m0/s1. The van der Waals surface area contributed by atoms with Crippen molar-refractivity contribution >= 4 is 11.9 Å². The van der Waals surface area contributed by atoms with Gasteiger partial charge in [-0.1, -0.05) is 35.5 Å². The van der Waals surface area contributed by atoms with Crippen LogP contribution in [0.5, 0.6) is 0 Å². The zero-order valence-electron chi connectivity index (χ0n) is 15.9. The minimum Gasteiger partial charge on any atom is -0.365 e. The fourth-order valence-corrected chi connectivity index (χ4v) is 3.76. The van der Waals surface area contributed by atoms with Gasteiger partial charge in [-0.2, -0.15) is 0 Å². The number of ether oxygens (including phenoxy) is 1. The Bertz CT molecular complexity index is 985. The first-order chi connectivity index (χ1) is 14.3. The van der Waals surface area contributed by atoms with Crippen molar-refractivity contribution in [1.82, 2.24) is 29.9 Å². The highest BCUT2D eigenvalue weighted by Crippen LogP contribution is 2.27. The predicted molar refractivity (Wildman–Crippen MR) is 104 cm³/mol. The smallest absolute Gasteiger partial charge is 0.276 e. The number of benzene rings is 1. The van der Waals surface area contributed by atoms with Crippen molar-refractivity contribution in [2.24, 2.45) is 0 Å². The van der Waals surface area contributed by atoms with Gasteiger partial charge in [0.1, 0.15) is 6.10 Å². The number of amides is 1. The molecule has 1 saturated heterocycles. The van der Waals surface area contributed by atoms with Crippen LogP contribution in [0.2, 0.25) is 0 Å². The number of hydrogen-bond donors (Lipinski definition) is 0. The quantitative estimate of drug-likeness (QED) is 0.665. The molecule has 9 nitrogen and oxygen atoms in total. The summed E-state index contributed by atoms with van der Waals surface area (Å²) in [7, 11) is 0. The number of aromatic nitrogens is 5. The van der Waals surface area contributed by atoms with Crippen molar-refractivity contribution in [2.45, 2.75) is 19.3 Å². The predicted octanol–water partition coefficient (Wildman–Crippen LogP) is 1.30. The van der Waals surface area contributed by atoms with Crippen molar-refractivity contribution < 1.29 is 9.53 Å². The number of fused-ring (bicyclic) bond motifs is 1. The SMILES string of the molecule is O=C(c1nnn2c1CO[C@H](c1ccccc1)C2)N1CCN(c2ncccn2)CC1. The maximum Gasteiger partial charge on any atom is 0.276 e. The first-order valence-electron chi connectivity index (χ1n) is 9.70. The van der Waals surface area contributed by atoms with E-state index in [1.165, 1.54) is 0 Å². The number of carbonyl (C=O) groups is 1. The molecule has 0 bridgehead atoms. The zero-order valence-corrected chi connectivity index (χ0v) is 15.9. The maximum atomic E-state index is 13.0. The summed E-state index contributed by atoms with van der Waals surface area (Å²) in [5.41, 5.74) is 2.23. The van der Waals surface area contributed by atoms with Gasteiger partial charge in [-0.05, 0) is 11.6 Å². The Labute approximate surface area is 167 Å². The van der Waals surface area contributed by atoms with E-state index in [4.69, 9.17) is 4.74 Å². The van der Waals surface area contributed by atoms with Crippen LogP contribution in [0.15, 0.2) is 48.8 Å². The number of piperazine rings is 1. The Hall–Kier alpha value is -3.33. The van der Waals surface area contributed by atoms with E-state index in [1.807, 2.05) is 35.2 Å². The molecule has 4 heterocycles. The molecule has 2 aliphatic heterocycles. The number of carbonyl (C=O) groups excluding carboxylic acids is 1. The van der Waals surface area contributed by atoms with Gasteiger partial charge in [0, 0.05) is 38.6 Å². The molecule has 1 fully saturated rings. The minimum absolute atomic E-state index is 0.0808. The first kappa shape index (κ1) is 17.7. The van der Waals surface area contributed by atoms with Gasteiger partial charge in [0.05, 0.1) is 18.8 Å². The molecule has 2 aromatic heterocycles. The van der Waals surface area contributed by atoms with Gasteiger partial charge in [-0.3, -0.25) is 4.79 Å². The summed E-state index contributed by atoms with van der Waals surface area (Å²) in [6.07, 6.45) is 3.37. The van der Waals surface area contributed by atoms with Crippen LogP contribution in [0.25, 0.3) is 0 Å².